The first-order valence-corrected chi connectivity index (χ1v) is 5.93. The fraction of sp³-hybridized carbons (Fsp3) is 0.500. The van der Waals surface area contributed by atoms with E-state index in [1.54, 1.807) is 0 Å². The van der Waals surface area contributed by atoms with Gasteiger partial charge in [-0.2, -0.15) is 0 Å². The topological polar surface area (TPSA) is 52.3 Å². The van der Waals surface area contributed by atoms with Crippen molar-refractivity contribution in [3.8, 4) is 0 Å². The number of esters is 1. The molecule has 0 saturated heterocycles. The van der Waals surface area contributed by atoms with Gasteiger partial charge in [-0.05, 0) is 29.9 Å². The molecule has 2 N–H and O–H groups in total. The zero-order chi connectivity index (χ0) is 11.3. The maximum absolute atomic E-state index is 10.9. The van der Waals surface area contributed by atoms with Crippen molar-refractivity contribution >= 4 is 28.9 Å². The number of carbonyl (C=O) groups excluding carboxylic acids is 1. The van der Waals surface area contributed by atoms with Crippen LogP contribution >= 0.6 is 22.9 Å². The smallest absolute Gasteiger partial charge is 0.305 e. The molecule has 1 unspecified atom stereocenters. The molecule has 1 heterocycles. The fourth-order valence-electron chi connectivity index (χ4n) is 1.26. The van der Waals surface area contributed by atoms with E-state index < -0.39 is 0 Å². The molecule has 0 aliphatic rings. The van der Waals surface area contributed by atoms with Crippen LogP contribution in [0.4, 0.5) is 0 Å². The molecular formula is C10H14ClNO2S. The summed E-state index contributed by atoms with van der Waals surface area (Å²) in [5.74, 6) is -0.220. The molecule has 1 rings (SSSR count). The van der Waals surface area contributed by atoms with E-state index >= 15 is 0 Å². The predicted octanol–water partition coefficient (Wildman–Crippen LogP) is 2.22. The summed E-state index contributed by atoms with van der Waals surface area (Å²) in [5, 5.41) is 1.94. The van der Waals surface area contributed by atoms with Crippen LogP contribution < -0.4 is 5.73 Å². The summed E-state index contributed by atoms with van der Waals surface area (Å²) in [6, 6.07) is 1.92. The first kappa shape index (κ1) is 12.5. The van der Waals surface area contributed by atoms with Crippen LogP contribution in [0.25, 0.3) is 0 Å². The Hall–Kier alpha value is -0.580. The minimum Gasteiger partial charge on any atom is -0.469 e. The van der Waals surface area contributed by atoms with Crippen molar-refractivity contribution in [1.29, 1.82) is 0 Å². The van der Waals surface area contributed by atoms with Gasteiger partial charge in [0, 0.05) is 12.5 Å². The van der Waals surface area contributed by atoms with Crippen LogP contribution in [0.3, 0.4) is 0 Å². The summed E-state index contributed by atoms with van der Waals surface area (Å²) >= 11 is 7.44. The lowest BCUT2D eigenvalue weighted by atomic mass is 10.1. The molecule has 1 atom stereocenters. The van der Waals surface area contributed by atoms with Gasteiger partial charge >= 0.3 is 5.97 Å². The van der Waals surface area contributed by atoms with E-state index in [9.17, 15) is 4.79 Å². The Bertz CT molecular complexity index is 327. The minimum absolute atomic E-state index is 0.0452. The molecule has 0 radical (unpaired) electrons. The van der Waals surface area contributed by atoms with Crippen LogP contribution in [0.5, 0.6) is 0 Å². The van der Waals surface area contributed by atoms with Gasteiger partial charge in [-0.1, -0.05) is 11.6 Å². The molecule has 0 fully saturated rings. The van der Waals surface area contributed by atoms with Gasteiger partial charge in [0.05, 0.1) is 11.4 Å². The van der Waals surface area contributed by atoms with Crippen molar-refractivity contribution in [3.63, 3.8) is 0 Å². The maximum atomic E-state index is 10.9. The molecule has 1 aromatic heterocycles. The van der Waals surface area contributed by atoms with Crippen molar-refractivity contribution in [2.45, 2.75) is 25.3 Å². The Morgan fingerprint density at radius 2 is 2.47 bits per heavy atom. The molecule has 0 aliphatic heterocycles. The second kappa shape index (κ2) is 6.10. The van der Waals surface area contributed by atoms with Crippen molar-refractivity contribution < 1.29 is 9.53 Å². The quantitative estimate of drug-likeness (QED) is 0.812. The van der Waals surface area contributed by atoms with Gasteiger partial charge in [0.2, 0.25) is 0 Å². The average Bonchev–Trinajstić information content (AvgIpc) is 2.61. The van der Waals surface area contributed by atoms with Gasteiger partial charge in [-0.3, -0.25) is 4.79 Å². The summed E-state index contributed by atoms with van der Waals surface area (Å²) in [4.78, 5) is 10.9. The summed E-state index contributed by atoms with van der Waals surface area (Å²) in [6.45, 7) is 0. The standard InChI is InChI=1S/C10H14ClNO2S/c1-14-9(13)3-2-8(12)6-7-4-5-15-10(7)11/h4-5,8H,2-3,6,12H2,1H3. The second-order valence-electron chi connectivity index (χ2n) is 3.30. The Morgan fingerprint density at radius 1 is 1.73 bits per heavy atom. The Labute approximate surface area is 98.2 Å². The lowest BCUT2D eigenvalue weighted by Crippen LogP contribution is -2.23. The number of ether oxygens (including phenoxy) is 1. The number of nitrogens with two attached hydrogens (primary N) is 1. The number of hydrogen-bond acceptors (Lipinski definition) is 4. The van der Waals surface area contributed by atoms with Crippen molar-refractivity contribution in [1.82, 2.24) is 0 Å². The van der Waals surface area contributed by atoms with E-state index in [1.165, 1.54) is 18.4 Å². The van der Waals surface area contributed by atoms with Crippen LogP contribution in [0.15, 0.2) is 11.4 Å². The first-order valence-electron chi connectivity index (χ1n) is 4.67. The first-order chi connectivity index (χ1) is 7.13. The van der Waals surface area contributed by atoms with Gasteiger partial charge in [0.25, 0.3) is 0 Å². The molecular weight excluding hydrogens is 234 g/mol. The second-order valence-corrected chi connectivity index (χ2v) is 4.82. The van der Waals surface area contributed by atoms with Crippen LogP contribution in [-0.4, -0.2) is 19.1 Å². The summed E-state index contributed by atoms with van der Waals surface area (Å²) < 4.78 is 5.32. The highest BCUT2D eigenvalue weighted by Crippen LogP contribution is 2.24. The lowest BCUT2D eigenvalue weighted by Gasteiger charge is -2.09. The molecule has 0 aromatic carbocycles. The monoisotopic (exact) mass is 247 g/mol. The number of carbonyl (C=O) groups is 1. The zero-order valence-corrected chi connectivity index (χ0v) is 10.1. The normalized spacial score (nSPS) is 12.5. The molecule has 0 bridgehead atoms. The third kappa shape index (κ3) is 4.20. The van der Waals surface area contributed by atoms with Crippen molar-refractivity contribution in [2.75, 3.05) is 7.11 Å². The highest BCUT2D eigenvalue weighted by atomic mass is 35.5. The summed E-state index contributed by atoms with van der Waals surface area (Å²) in [6.07, 6.45) is 1.69. The summed E-state index contributed by atoms with van der Waals surface area (Å²) in [5.41, 5.74) is 6.93. The van der Waals surface area contributed by atoms with Crippen LogP contribution in [-0.2, 0) is 16.0 Å². The van der Waals surface area contributed by atoms with Crippen molar-refractivity contribution in [2.24, 2.45) is 5.73 Å². The highest BCUT2D eigenvalue weighted by Gasteiger charge is 2.10. The Kier molecular flexibility index (Phi) is 5.08. The zero-order valence-electron chi connectivity index (χ0n) is 8.53. The van der Waals surface area contributed by atoms with Crippen molar-refractivity contribution in [3.05, 3.63) is 21.3 Å². The van der Waals surface area contributed by atoms with E-state index in [0.29, 0.717) is 19.3 Å². The van der Waals surface area contributed by atoms with E-state index in [0.717, 1.165) is 9.90 Å². The molecule has 0 saturated carbocycles. The van der Waals surface area contributed by atoms with E-state index in [1.807, 2.05) is 11.4 Å². The number of halogens is 1. The molecule has 0 aliphatic carbocycles. The molecule has 3 nitrogen and oxygen atoms in total. The van der Waals surface area contributed by atoms with E-state index in [4.69, 9.17) is 17.3 Å². The Morgan fingerprint density at radius 3 is 3.00 bits per heavy atom. The van der Waals surface area contributed by atoms with Crippen LogP contribution in [0.2, 0.25) is 4.34 Å². The van der Waals surface area contributed by atoms with Gasteiger partial charge in [0.15, 0.2) is 0 Å². The van der Waals surface area contributed by atoms with Crippen LogP contribution in [0, 0.1) is 0 Å². The van der Waals surface area contributed by atoms with Gasteiger partial charge in [-0.25, -0.2) is 0 Å². The maximum Gasteiger partial charge on any atom is 0.305 e. The lowest BCUT2D eigenvalue weighted by molar-refractivity contribution is -0.140. The van der Waals surface area contributed by atoms with Gasteiger partial charge in [-0.15, -0.1) is 11.3 Å². The summed E-state index contributed by atoms with van der Waals surface area (Å²) in [7, 11) is 1.38. The van der Waals surface area contributed by atoms with Crippen LogP contribution in [0.1, 0.15) is 18.4 Å². The SMILES string of the molecule is COC(=O)CCC(N)Cc1ccsc1Cl. The average molecular weight is 248 g/mol. The molecule has 15 heavy (non-hydrogen) atoms. The predicted molar refractivity (Wildman–Crippen MR) is 62.3 cm³/mol. The third-order valence-corrected chi connectivity index (χ3v) is 3.37. The largest absolute Gasteiger partial charge is 0.469 e. The molecule has 84 valence electrons. The van der Waals surface area contributed by atoms with E-state index in [2.05, 4.69) is 4.74 Å². The Balaban J connectivity index is 2.33. The van der Waals surface area contributed by atoms with E-state index in [-0.39, 0.29) is 12.0 Å². The molecule has 0 spiro atoms. The highest BCUT2D eigenvalue weighted by molar-refractivity contribution is 7.14. The minimum atomic E-state index is -0.220. The number of hydrogen-bond donors (Lipinski definition) is 1. The molecule has 5 heteroatoms. The van der Waals surface area contributed by atoms with Gasteiger partial charge < -0.3 is 10.5 Å². The number of rotatable bonds is 5. The van der Waals surface area contributed by atoms with Gasteiger partial charge in [0.1, 0.15) is 0 Å². The fourth-order valence-corrected chi connectivity index (χ4v) is 2.20. The molecule has 0 amide bonds. The number of methoxy groups -OCH3 is 1. The third-order valence-electron chi connectivity index (χ3n) is 2.12. The molecule has 1 aromatic rings. The number of thiophene rings is 1.